The zero-order chi connectivity index (χ0) is 41.7. The Bertz CT molecular complexity index is 3590. The fourth-order valence-corrected chi connectivity index (χ4v) is 9.50. The second-order valence-electron chi connectivity index (χ2n) is 16.1. The Morgan fingerprint density at radius 2 is 0.905 bits per heavy atom. The molecule has 63 heavy (non-hydrogen) atoms. The fourth-order valence-electron chi connectivity index (χ4n) is 9.50. The summed E-state index contributed by atoms with van der Waals surface area (Å²) in [6, 6.07) is 86.9. The van der Waals surface area contributed by atoms with Gasteiger partial charge in [-0.05, 0) is 88.0 Å². The molecule has 0 fully saturated rings. The molecule has 3 nitrogen and oxygen atoms in total. The molecule has 0 radical (unpaired) electrons. The quantitative estimate of drug-likeness (QED) is 0.153. The molecule has 0 aliphatic rings. The summed E-state index contributed by atoms with van der Waals surface area (Å²) in [7, 11) is 0. The molecule has 0 saturated heterocycles. The lowest BCUT2D eigenvalue weighted by Crippen LogP contribution is -2.10. The number of hydrogen-bond acceptors (Lipinski definition) is 2. The van der Waals surface area contributed by atoms with Gasteiger partial charge in [-0.2, -0.15) is 0 Å². The van der Waals surface area contributed by atoms with Crippen molar-refractivity contribution in [1.82, 2.24) is 4.57 Å². The summed E-state index contributed by atoms with van der Waals surface area (Å²) in [5.41, 5.74) is 17.6. The Balaban J connectivity index is 1.04. The molecule has 0 saturated carbocycles. The van der Waals surface area contributed by atoms with Crippen LogP contribution in [0.1, 0.15) is 0 Å². The molecule has 2 heterocycles. The van der Waals surface area contributed by atoms with Crippen molar-refractivity contribution >= 4 is 60.8 Å². The predicted octanol–water partition coefficient (Wildman–Crippen LogP) is 16.8. The van der Waals surface area contributed by atoms with Crippen molar-refractivity contribution in [2.75, 3.05) is 4.90 Å². The van der Waals surface area contributed by atoms with E-state index in [4.69, 9.17) is 4.42 Å². The predicted molar refractivity (Wildman–Crippen MR) is 264 cm³/mol. The zero-order valence-electron chi connectivity index (χ0n) is 34.4. The third kappa shape index (κ3) is 6.29. The monoisotopic (exact) mass is 804 g/mol. The number of benzene rings is 10. The number of aromatic nitrogens is 1. The van der Waals surface area contributed by atoms with Gasteiger partial charge in [-0.1, -0.05) is 182 Å². The Kier molecular flexibility index (Phi) is 8.83. The SMILES string of the molecule is c1ccc(-c2cccc(N(c3ccc(-c4ccc5c6ccccc6n(-c6ccccc6)c5c4-c4ccccc4)cc3)c3ccc4c(c3)oc3c(-c5ccccc5)cccc34)c2)cc1. The molecule has 0 bridgehead atoms. The zero-order valence-corrected chi connectivity index (χ0v) is 34.4. The van der Waals surface area contributed by atoms with E-state index >= 15 is 0 Å². The summed E-state index contributed by atoms with van der Waals surface area (Å²) >= 11 is 0. The largest absolute Gasteiger partial charge is 0.455 e. The Morgan fingerprint density at radius 1 is 0.333 bits per heavy atom. The molecule has 12 aromatic rings. The van der Waals surface area contributed by atoms with E-state index in [1.807, 2.05) is 0 Å². The van der Waals surface area contributed by atoms with E-state index in [2.05, 4.69) is 252 Å². The topological polar surface area (TPSA) is 21.3 Å². The van der Waals surface area contributed by atoms with E-state index in [0.29, 0.717) is 0 Å². The van der Waals surface area contributed by atoms with Gasteiger partial charge in [0, 0.05) is 61.5 Å². The molecular weight excluding hydrogens is 765 g/mol. The summed E-state index contributed by atoms with van der Waals surface area (Å²) in [5.74, 6) is 0. The maximum atomic E-state index is 6.80. The molecule has 0 aliphatic heterocycles. The Morgan fingerprint density at radius 3 is 1.67 bits per heavy atom. The van der Waals surface area contributed by atoms with Crippen molar-refractivity contribution in [3.8, 4) is 50.2 Å². The third-order valence-electron chi connectivity index (χ3n) is 12.4. The minimum absolute atomic E-state index is 0.848. The highest BCUT2D eigenvalue weighted by atomic mass is 16.3. The first-order valence-corrected chi connectivity index (χ1v) is 21.5. The molecule has 3 heteroatoms. The van der Waals surface area contributed by atoms with Gasteiger partial charge in [-0.3, -0.25) is 0 Å². The summed E-state index contributed by atoms with van der Waals surface area (Å²) in [6.45, 7) is 0. The highest BCUT2D eigenvalue weighted by Gasteiger charge is 2.22. The van der Waals surface area contributed by atoms with Crippen LogP contribution >= 0.6 is 0 Å². The van der Waals surface area contributed by atoms with E-state index in [1.165, 1.54) is 44.1 Å². The van der Waals surface area contributed by atoms with Gasteiger partial charge in [-0.15, -0.1) is 0 Å². The molecule has 0 amide bonds. The first-order chi connectivity index (χ1) is 31.3. The second kappa shape index (κ2) is 15.3. The Labute approximate surface area is 366 Å². The molecule has 10 aromatic carbocycles. The number of hydrogen-bond donors (Lipinski definition) is 0. The van der Waals surface area contributed by atoms with E-state index < -0.39 is 0 Å². The average Bonchev–Trinajstić information content (AvgIpc) is 3.91. The first-order valence-electron chi connectivity index (χ1n) is 21.5. The van der Waals surface area contributed by atoms with Crippen LogP contribution in [0.25, 0.3) is 93.9 Å². The molecular formula is C60H40N2O. The highest BCUT2D eigenvalue weighted by molar-refractivity contribution is 6.16. The van der Waals surface area contributed by atoms with Crippen molar-refractivity contribution in [3.63, 3.8) is 0 Å². The van der Waals surface area contributed by atoms with Gasteiger partial charge in [0.15, 0.2) is 0 Å². The number of furan rings is 1. The van der Waals surface area contributed by atoms with Crippen LogP contribution in [0.4, 0.5) is 17.1 Å². The van der Waals surface area contributed by atoms with E-state index in [-0.39, 0.29) is 0 Å². The van der Waals surface area contributed by atoms with Crippen molar-refractivity contribution in [2.24, 2.45) is 0 Å². The number of anilines is 3. The minimum atomic E-state index is 0.848. The lowest BCUT2D eigenvalue weighted by atomic mass is 9.92. The van der Waals surface area contributed by atoms with Gasteiger partial charge in [-0.25, -0.2) is 0 Å². The number of rotatable bonds is 8. The van der Waals surface area contributed by atoms with E-state index in [9.17, 15) is 0 Å². The van der Waals surface area contributed by atoms with Crippen molar-refractivity contribution in [3.05, 3.63) is 243 Å². The van der Waals surface area contributed by atoms with Crippen LogP contribution in [0.15, 0.2) is 247 Å². The third-order valence-corrected chi connectivity index (χ3v) is 12.4. The van der Waals surface area contributed by atoms with Crippen LogP contribution in [-0.4, -0.2) is 4.57 Å². The Hall–Kier alpha value is -8.40. The average molecular weight is 805 g/mol. The van der Waals surface area contributed by atoms with Gasteiger partial charge in [0.25, 0.3) is 0 Å². The summed E-state index contributed by atoms with van der Waals surface area (Å²) in [4.78, 5) is 2.34. The first kappa shape index (κ1) is 36.5. The van der Waals surface area contributed by atoms with Crippen LogP contribution in [-0.2, 0) is 0 Å². The van der Waals surface area contributed by atoms with Gasteiger partial charge in [0.2, 0.25) is 0 Å². The standard InChI is InChI=1S/C60H40N2O/c1-5-17-41(18-6-1)45-23-15-26-48(39-45)61(49-35-36-53-55-29-16-28-51(42-19-7-2-8-20-42)60(55)63-57(53)40-49)47-33-31-43(32-34-47)50-37-38-54-52-27-13-14-30-56(52)62(46-24-11-4-12-25-46)59(54)58(50)44-21-9-3-10-22-44/h1-40H. The molecule has 0 spiro atoms. The van der Waals surface area contributed by atoms with Gasteiger partial charge in [0.05, 0.1) is 11.0 Å². The van der Waals surface area contributed by atoms with Crippen LogP contribution in [0.3, 0.4) is 0 Å². The van der Waals surface area contributed by atoms with Gasteiger partial charge >= 0.3 is 0 Å². The van der Waals surface area contributed by atoms with Crippen molar-refractivity contribution < 1.29 is 4.42 Å². The van der Waals surface area contributed by atoms with E-state index in [1.54, 1.807) is 0 Å². The molecule has 2 aromatic heterocycles. The lowest BCUT2D eigenvalue weighted by Gasteiger charge is -2.26. The van der Waals surface area contributed by atoms with E-state index in [0.717, 1.165) is 66.9 Å². The maximum absolute atomic E-state index is 6.80. The molecule has 296 valence electrons. The summed E-state index contributed by atoms with van der Waals surface area (Å²) in [6.07, 6.45) is 0. The van der Waals surface area contributed by atoms with Crippen LogP contribution in [0.5, 0.6) is 0 Å². The molecule has 0 unspecified atom stereocenters. The summed E-state index contributed by atoms with van der Waals surface area (Å²) < 4.78 is 9.23. The van der Waals surface area contributed by atoms with Crippen LogP contribution in [0, 0.1) is 0 Å². The highest BCUT2D eigenvalue weighted by Crippen LogP contribution is 2.45. The maximum Gasteiger partial charge on any atom is 0.143 e. The molecule has 0 atom stereocenters. The number of para-hydroxylation sites is 3. The van der Waals surface area contributed by atoms with Gasteiger partial charge in [0.1, 0.15) is 11.2 Å². The summed E-state index contributed by atoms with van der Waals surface area (Å²) in [5, 5.41) is 4.67. The normalized spacial score (nSPS) is 11.5. The van der Waals surface area contributed by atoms with Crippen molar-refractivity contribution in [1.29, 1.82) is 0 Å². The number of nitrogens with zero attached hydrogens (tertiary/aromatic N) is 2. The number of fused-ring (bicyclic) bond motifs is 6. The van der Waals surface area contributed by atoms with Gasteiger partial charge < -0.3 is 13.9 Å². The lowest BCUT2D eigenvalue weighted by molar-refractivity contribution is 0.670. The smallest absolute Gasteiger partial charge is 0.143 e. The molecule has 0 N–H and O–H groups in total. The minimum Gasteiger partial charge on any atom is -0.455 e. The van der Waals surface area contributed by atoms with Crippen LogP contribution < -0.4 is 4.90 Å². The van der Waals surface area contributed by atoms with Crippen LogP contribution in [0.2, 0.25) is 0 Å². The fraction of sp³-hybridized carbons (Fsp3) is 0. The molecule has 0 aliphatic carbocycles. The second-order valence-corrected chi connectivity index (χ2v) is 16.1. The van der Waals surface area contributed by atoms with Crippen molar-refractivity contribution in [2.45, 2.75) is 0 Å². The molecule has 12 rings (SSSR count).